The zero-order chi connectivity index (χ0) is 17.5. The van der Waals surface area contributed by atoms with Crippen molar-refractivity contribution in [3.8, 4) is 16.3 Å². The maximum absolute atomic E-state index is 12.2. The fourth-order valence-electron chi connectivity index (χ4n) is 2.09. The van der Waals surface area contributed by atoms with E-state index in [9.17, 15) is 9.59 Å². The van der Waals surface area contributed by atoms with Crippen LogP contribution in [-0.2, 0) is 4.79 Å². The molecule has 7 heteroatoms. The molecule has 0 unspecified atom stereocenters. The molecule has 6 nitrogen and oxygen atoms in total. The number of benzene rings is 1. The molecule has 0 saturated heterocycles. The monoisotopic (exact) mass is 347 g/mol. The van der Waals surface area contributed by atoms with Gasteiger partial charge in [0.1, 0.15) is 15.6 Å². The van der Waals surface area contributed by atoms with Gasteiger partial charge in [-0.05, 0) is 38.1 Å². The van der Waals surface area contributed by atoms with E-state index in [2.05, 4.69) is 15.6 Å². The summed E-state index contributed by atoms with van der Waals surface area (Å²) in [5, 5.41) is 6.21. The van der Waals surface area contributed by atoms with Crippen LogP contribution in [0.1, 0.15) is 29.2 Å². The second kappa shape index (κ2) is 8.44. The molecule has 0 fully saturated rings. The van der Waals surface area contributed by atoms with Gasteiger partial charge in [-0.3, -0.25) is 9.59 Å². The van der Waals surface area contributed by atoms with Crippen LogP contribution in [0.2, 0.25) is 0 Å². The molecule has 2 rings (SSSR count). The van der Waals surface area contributed by atoms with Crippen LogP contribution in [0.25, 0.3) is 10.6 Å². The van der Waals surface area contributed by atoms with E-state index >= 15 is 0 Å². The number of carbonyl (C=O) groups is 2. The van der Waals surface area contributed by atoms with Crippen molar-refractivity contribution in [1.29, 1.82) is 0 Å². The molecule has 0 bridgehead atoms. The van der Waals surface area contributed by atoms with E-state index in [0.29, 0.717) is 30.3 Å². The van der Waals surface area contributed by atoms with Crippen LogP contribution in [0, 0.1) is 6.92 Å². The highest BCUT2D eigenvalue weighted by Crippen LogP contribution is 2.29. The van der Waals surface area contributed by atoms with Gasteiger partial charge < -0.3 is 15.4 Å². The van der Waals surface area contributed by atoms with Gasteiger partial charge in [0.25, 0.3) is 5.91 Å². The summed E-state index contributed by atoms with van der Waals surface area (Å²) in [5.74, 6) is 0.522. The molecule has 1 aromatic heterocycles. The van der Waals surface area contributed by atoms with E-state index in [-0.39, 0.29) is 11.8 Å². The van der Waals surface area contributed by atoms with Crippen LogP contribution in [0.5, 0.6) is 5.75 Å². The zero-order valence-electron chi connectivity index (χ0n) is 14.0. The molecule has 2 aromatic rings. The van der Waals surface area contributed by atoms with E-state index < -0.39 is 0 Å². The lowest BCUT2D eigenvalue weighted by atomic mass is 10.2. The largest absolute Gasteiger partial charge is 0.494 e. The normalized spacial score (nSPS) is 10.3. The van der Waals surface area contributed by atoms with Crippen LogP contribution in [0.3, 0.4) is 0 Å². The summed E-state index contributed by atoms with van der Waals surface area (Å²) in [4.78, 5) is 28.1. The molecule has 0 aliphatic rings. The third-order valence-electron chi connectivity index (χ3n) is 3.20. The van der Waals surface area contributed by atoms with Gasteiger partial charge in [0.2, 0.25) is 5.91 Å². The second-order valence-corrected chi connectivity index (χ2v) is 6.13. The third-order valence-corrected chi connectivity index (χ3v) is 4.40. The number of hydrogen-bond acceptors (Lipinski definition) is 5. The highest BCUT2D eigenvalue weighted by atomic mass is 32.1. The SMILES string of the molecule is CCOc1ccc(-c2nc(C)c(C(=O)NCCNC(C)=O)s2)cc1. The van der Waals surface area contributed by atoms with E-state index in [1.54, 1.807) is 0 Å². The fraction of sp³-hybridized carbons (Fsp3) is 0.353. The van der Waals surface area contributed by atoms with Gasteiger partial charge in [0, 0.05) is 25.6 Å². The quantitative estimate of drug-likeness (QED) is 0.754. The van der Waals surface area contributed by atoms with E-state index in [4.69, 9.17) is 4.74 Å². The molecular formula is C17H21N3O3S. The lowest BCUT2D eigenvalue weighted by Crippen LogP contribution is -2.33. The first kappa shape index (κ1) is 17.9. The standard InChI is InChI=1S/C17H21N3O3S/c1-4-23-14-7-5-13(6-8-14)17-20-11(2)15(24-17)16(22)19-10-9-18-12(3)21/h5-8H,4,9-10H2,1-3H3,(H,18,21)(H,19,22). The molecule has 0 aliphatic heterocycles. The Kier molecular flexibility index (Phi) is 6.31. The first-order valence-corrected chi connectivity index (χ1v) is 8.56. The topological polar surface area (TPSA) is 80.3 Å². The van der Waals surface area contributed by atoms with Crippen molar-refractivity contribution >= 4 is 23.2 Å². The van der Waals surface area contributed by atoms with Crippen molar-refractivity contribution in [2.75, 3.05) is 19.7 Å². The number of nitrogens with one attached hydrogen (secondary N) is 2. The average molecular weight is 347 g/mol. The Morgan fingerprint density at radius 3 is 2.46 bits per heavy atom. The van der Waals surface area contributed by atoms with Gasteiger partial charge >= 0.3 is 0 Å². The van der Waals surface area contributed by atoms with Gasteiger partial charge in [-0.15, -0.1) is 11.3 Å². The van der Waals surface area contributed by atoms with Crippen LogP contribution >= 0.6 is 11.3 Å². The molecule has 1 heterocycles. The van der Waals surface area contributed by atoms with Gasteiger partial charge in [0.05, 0.1) is 12.3 Å². The van der Waals surface area contributed by atoms with Crippen molar-refractivity contribution in [1.82, 2.24) is 15.6 Å². The molecule has 0 aliphatic carbocycles. The summed E-state index contributed by atoms with van der Waals surface area (Å²) in [6.45, 7) is 6.61. The number of hydrogen-bond donors (Lipinski definition) is 2. The van der Waals surface area contributed by atoms with Crippen molar-refractivity contribution in [2.45, 2.75) is 20.8 Å². The Labute approximate surface area is 145 Å². The average Bonchev–Trinajstić information content (AvgIpc) is 2.94. The van der Waals surface area contributed by atoms with Crippen molar-refractivity contribution in [3.05, 3.63) is 34.8 Å². The minimum Gasteiger partial charge on any atom is -0.494 e. The highest BCUT2D eigenvalue weighted by Gasteiger charge is 2.16. The fourth-order valence-corrected chi connectivity index (χ4v) is 3.07. The van der Waals surface area contributed by atoms with E-state index in [1.807, 2.05) is 38.1 Å². The van der Waals surface area contributed by atoms with Crippen molar-refractivity contribution in [2.24, 2.45) is 0 Å². The van der Waals surface area contributed by atoms with Crippen LogP contribution in [-0.4, -0.2) is 36.5 Å². The lowest BCUT2D eigenvalue weighted by Gasteiger charge is -2.04. The minimum atomic E-state index is -0.174. The Hall–Kier alpha value is -2.41. The zero-order valence-corrected chi connectivity index (χ0v) is 14.8. The Bertz CT molecular complexity index is 710. The first-order valence-electron chi connectivity index (χ1n) is 7.74. The maximum Gasteiger partial charge on any atom is 0.263 e. The van der Waals surface area contributed by atoms with Gasteiger partial charge in [-0.25, -0.2) is 4.98 Å². The summed E-state index contributed by atoms with van der Waals surface area (Å²) >= 11 is 1.35. The van der Waals surface area contributed by atoms with Gasteiger partial charge in [-0.1, -0.05) is 0 Å². The van der Waals surface area contributed by atoms with Crippen LogP contribution in [0.4, 0.5) is 0 Å². The number of ether oxygens (including phenoxy) is 1. The molecule has 2 amide bonds. The number of nitrogens with zero attached hydrogens (tertiary/aromatic N) is 1. The molecule has 24 heavy (non-hydrogen) atoms. The predicted octanol–water partition coefficient (Wildman–Crippen LogP) is 2.38. The highest BCUT2D eigenvalue weighted by molar-refractivity contribution is 7.17. The Morgan fingerprint density at radius 1 is 1.17 bits per heavy atom. The molecule has 1 aromatic carbocycles. The number of aromatic nitrogens is 1. The van der Waals surface area contributed by atoms with Crippen molar-refractivity contribution in [3.63, 3.8) is 0 Å². The van der Waals surface area contributed by atoms with Gasteiger partial charge in [0.15, 0.2) is 0 Å². The molecule has 0 spiro atoms. The molecule has 0 saturated carbocycles. The molecule has 0 radical (unpaired) electrons. The smallest absolute Gasteiger partial charge is 0.263 e. The summed E-state index contributed by atoms with van der Waals surface area (Å²) in [6.07, 6.45) is 0. The molecule has 2 N–H and O–H groups in total. The summed E-state index contributed by atoms with van der Waals surface area (Å²) in [7, 11) is 0. The molecular weight excluding hydrogens is 326 g/mol. The number of thiazole rings is 1. The number of aryl methyl sites for hydroxylation is 1. The van der Waals surface area contributed by atoms with E-state index in [0.717, 1.165) is 16.3 Å². The van der Waals surface area contributed by atoms with Gasteiger partial charge in [-0.2, -0.15) is 0 Å². The van der Waals surface area contributed by atoms with E-state index in [1.165, 1.54) is 18.3 Å². The predicted molar refractivity (Wildman–Crippen MR) is 94.5 cm³/mol. The van der Waals surface area contributed by atoms with Crippen molar-refractivity contribution < 1.29 is 14.3 Å². The van der Waals surface area contributed by atoms with Crippen LogP contribution < -0.4 is 15.4 Å². The number of carbonyl (C=O) groups excluding carboxylic acids is 2. The number of rotatable bonds is 7. The summed E-state index contributed by atoms with van der Waals surface area (Å²) in [6, 6.07) is 7.65. The molecule has 0 atom stereocenters. The maximum atomic E-state index is 12.2. The first-order chi connectivity index (χ1) is 11.5. The second-order valence-electron chi connectivity index (χ2n) is 5.13. The Balaban J connectivity index is 2.03. The summed E-state index contributed by atoms with van der Waals surface area (Å²) in [5.41, 5.74) is 1.64. The third kappa shape index (κ3) is 4.79. The molecule has 128 valence electrons. The lowest BCUT2D eigenvalue weighted by molar-refractivity contribution is -0.118. The minimum absolute atomic E-state index is 0.115. The Morgan fingerprint density at radius 2 is 1.83 bits per heavy atom. The summed E-state index contributed by atoms with van der Waals surface area (Å²) < 4.78 is 5.42. The number of amides is 2. The van der Waals surface area contributed by atoms with Crippen LogP contribution in [0.15, 0.2) is 24.3 Å².